The summed E-state index contributed by atoms with van der Waals surface area (Å²) >= 11 is 0. The minimum atomic E-state index is 0.717. The number of hydrogen-bond donors (Lipinski definition) is 1. The van der Waals surface area contributed by atoms with E-state index in [1.165, 1.54) is 45.6 Å². The van der Waals surface area contributed by atoms with Gasteiger partial charge in [0.25, 0.3) is 0 Å². The topological polar surface area (TPSA) is 18.5 Å². The number of hydrogen-bond acceptors (Lipinski definition) is 3. The fraction of sp³-hybridized carbons (Fsp3) is 1.00. The van der Waals surface area contributed by atoms with Crippen molar-refractivity contribution in [2.45, 2.75) is 38.8 Å². The maximum absolute atomic E-state index is 3.69. The molecule has 3 atom stereocenters. The smallest absolute Gasteiger partial charge is 0.0220 e. The van der Waals surface area contributed by atoms with Gasteiger partial charge in [-0.1, -0.05) is 6.92 Å². The summed E-state index contributed by atoms with van der Waals surface area (Å²) in [7, 11) is 2.23. The van der Waals surface area contributed by atoms with E-state index in [1.54, 1.807) is 0 Å². The van der Waals surface area contributed by atoms with Gasteiger partial charge in [-0.15, -0.1) is 0 Å². The van der Waals surface area contributed by atoms with Gasteiger partial charge in [-0.2, -0.15) is 0 Å². The van der Waals surface area contributed by atoms with Crippen LogP contribution in [-0.4, -0.2) is 61.7 Å². The maximum atomic E-state index is 3.69. The third kappa shape index (κ3) is 2.96. The van der Waals surface area contributed by atoms with Crippen molar-refractivity contribution in [1.82, 2.24) is 15.1 Å². The molecular formula is C13H27N3. The molecule has 0 saturated carbocycles. The predicted molar refractivity (Wildman–Crippen MR) is 68.7 cm³/mol. The summed E-state index contributed by atoms with van der Waals surface area (Å²) in [6.07, 6.45) is 2.76. The lowest BCUT2D eigenvalue weighted by molar-refractivity contribution is 0.0785. The highest BCUT2D eigenvalue weighted by molar-refractivity contribution is 4.85. The van der Waals surface area contributed by atoms with E-state index in [1.807, 2.05) is 0 Å². The molecular weight excluding hydrogens is 198 g/mol. The Bertz CT molecular complexity index is 219. The number of likely N-dealkylation sites (N-methyl/N-ethyl adjacent to an activating group) is 1. The number of nitrogens with zero attached hydrogens (tertiary/aromatic N) is 2. The summed E-state index contributed by atoms with van der Waals surface area (Å²) < 4.78 is 0. The van der Waals surface area contributed by atoms with Crippen molar-refractivity contribution in [1.29, 1.82) is 0 Å². The highest BCUT2D eigenvalue weighted by Crippen LogP contribution is 2.18. The molecule has 2 aliphatic rings. The molecule has 0 bridgehead atoms. The molecule has 94 valence electrons. The summed E-state index contributed by atoms with van der Waals surface area (Å²) in [6, 6.07) is 1.44. The molecule has 2 aliphatic heterocycles. The second-order valence-corrected chi connectivity index (χ2v) is 5.79. The van der Waals surface area contributed by atoms with Gasteiger partial charge in [-0.3, -0.25) is 4.90 Å². The zero-order chi connectivity index (χ0) is 11.5. The molecule has 0 aromatic heterocycles. The lowest BCUT2D eigenvalue weighted by Crippen LogP contribution is -2.56. The van der Waals surface area contributed by atoms with E-state index in [0.29, 0.717) is 0 Å². The SMILES string of the molecule is CC1CCCNC1CN1CCN(C)CC1C. The molecule has 16 heavy (non-hydrogen) atoms. The van der Waals surface area contributed by atoms with Crippen LogP contribution in [0.15, 0.2) is 0 Å². The lowest BCUT2D eigenvalue weighted by Gasteiger charge is -2.42. The van der Waals surface area contributed by atoms with E-state index in [4.69, 9.17) is 0 Å². The molecule has 3 nitrogen and oxygen atoms in total. The Hall–Kier alpha value is -0.120. The Morgan fingerprint density at radius 2 is 2.06 bits per heavy atom. The van der Waals surface area contributed by atoms with Gasteiger partial charge >= 0.3 is 0 Å². The van der Waals surface area contributed by atoms with Crippen LogP contribution < -0.4 is 5.32 Å². The van der Waals surface area contributed by atoms with Crippen LogP contribution in [0.5, 0.6) is 0 Å². The Morgan fingerprint density at radius 3 is 2.75 bits per heavy atom. The van der Waals surface area contributed by atoms with Gasteiger partial charge in [-0.25, -0.2) is 0 Å². The van der Waals surface area contributed by atoms with Crippen LogP contribution in [0, 0.1) is 5.92 Å². The van der Waals surface area contributed by atoms with E-state index < -0.39 is 0 Å². The van der Waals surface area contributed by atoms with Crippen LogP contribution in [-0.2, 0) is 0 Å². The summed E-state index contributed by atoms with van der Waals surface area (Å²) in [4.78, 5) is 5.11. The van der Waals surface area contributed by atoms with Crippen LogP contribution in [0.25, 0.3) is 0 Å². The Labute approximate surface area is 100 Å². The zero-order valence-electron chi connectivity index (χ0n) is 11.1. The predicted octanol–water partition coefficient (Wildman–Crippen LogP) is 1.01. The first-order chi connectivity index (χ1) is 7.66. The molecule has 3 unspecified atom stereocenters. The molecule has 0 amide bonds. The van der Waals surface area contributed by atoms with Crippen molar-refractivity contribution in [2.75, 3.05) is 39.8 Å². The van der Waals surface area contributed by atoms with Gasteiger partial charge in [0, 0.05) is 38.3 Å². The Morgan fingerprint density at radius 1 is 1.25 bits per heavy atom. The fourth-order valence-electron chi connectivity index (χ4n) is 3.06. The third-order valence-corrected chi connectivity index (χ3v) is 4.33. The molecule has 0 aromatic rings. The van der Waals surface area contributed by atoms with Crippen LogP contribution >= 0.6 is 0 Å². The number of piperidine rings is 1. The summed E-state index contributed by atoms with van der Waals surface area (Å²) in [5.74, 6) is 0.848. The van der Waals surface area contributed by atoms with E-state index in [2.05, 4.69) is 36.0 Å². The minimum Gasteiger partial charge on any atom is -0.312 e. The molecule has 3 heteroatoms. The molecule has 0 aliphatic carbocycles. The first-order valence-electron chi connectivity index (χ1n) is 6.83. The van der Waals surface area contributed by atoms with Gasteiger partial charge in [0.05, 0.1) is 0 Å². The first kappa shape index (κ1) is 12.3. The van der Waals surface area contributed by atoms with Crippen LogP contribution in [0.3, 0.4) is 0 Å². The number of nitrogens with one attached hydrogen (secondary N) is 1. The molecule has 2 rings (SSSR count). The first-order valence-corrected chi connectivity index (χ1v) is 6.83. The fourth-order valence-corrected chi connectivity index (χ4v) is 3.06. The van der Waals surface area contributed by atoms with Crippen molar-refractivity contribution in [2.24, 2.45) is 5.92 Å². The van der Waals surface area contributed by atoms with Gasteiger partial charge in [0.1, 0.15) is 0 Å². The molecule has 0 spiro atoms. The summed E-state index contributed by atoms with van der Waals surface area (Å²) in [5.41, 5.74) is 0. The van der Waals surface area contributed by atoms with Gasteiger partial charge in [-0.05, 0) is 39.3 Å². The second kappa shape index (κ2) is 5.48. The van der Waals surface area contributed by atoms with Crippen LogP contribution in [0.4, 0.5) is 0 Å². The van der Waals surface area contributed by atoms with E-state index in [0.717, 1.165) is 18.0 Å². The molecule has 0 radical (unpaired) electrons. The minimum absolute atomic E-state index is 0.717. The number of piperazine rings is 1. The molecule has 2 heterocycles. The van der Waals surface area contributed by atoms with Gasteiger partial charge in [0.2, 0.25) is 0 Å². The van der Waals surface area contributed by atoms with E-state index in [9.17, 15) is 0 Å². The monoisotopic (exact) mass is 225 g/mol. The van der Waals surface area contributed by atoms with Crippen molar-refractivity contribution >= 4 is 0 Å². The molecule has 0 aromatic carbocycles. The Kier molecular flexibility index (Phi) is 4.22. The summed E-state index contributed by atoms with van der Waals surface area (Å²) in [5, 5.41) is 3.69. The highest BCUT2D eigenvalue weighted by Gasteiger charge is 2.27. The quantitative estimate of drug-likeness (QED) is 0.757. The number of rotatable bonds is 2. The van der Waals surface area contributed by atoms with Gasteiger partial charge in [0.15, 0.2) is 0 Å². The molecule has 1 N–H and O–H groups in total. The maximum Gasteiger partial charge on any atom is 0.0220 e. The largest absolute Gasteiger partial charge is 0.312 e. The lowest BCUT2D eigenvalue weighted by atomic mass is 9.92. The zero-order valence-corrected chi connectivity index (χ0v) is 11.1. The molecule has 2 fully saturated rings. The van der Waals surface area contributed by atoms with Crippen molar-refractivity contribution in [3.05, 3.63) is 0 Å². The van der Waals surface area contributed by atoms with Crippen molar-refractivity contribution in [3.63, 3.8) is 0 Å². The Balaban J connectivity index is 1.83. The average molecular weight is 225 g/mol. The molecule has 2 saturated heterocycles. The highest BCUT2D eigenvalue weighted by atomic mass is 15.3. The summed E-state index contributed by atoms with van der Waals surface area (Å²) in [6.45, 7) is 10.9. The van der Waals surface area contributed by atoms with Crippen molar-refractivity contribution < 1.29 is 0 Å². The van der Waals surface area contributed by atoms with E-state index in [-0.39, 0.29) is 0 Å². The van der Waals surface area contributed by atoms with Crippen LogP contribution in [0.1, 0.15) is 26.7 Å². The normalized spacial score (nSPS) is 38.8. The third-order valence-electron chi connectivity index (χ3n) is 4.33. The average Bonchev–Trinajstić information content (AvgIpc) is 2.25. The van der Waals surface area contributed by atoms with Crippen LogP contribution in [0.2, 0.25) is 0 Å². The van der Waals surface area contributed by atoms with E-state index >= 15 is 0 Å². The standard InChI is InChI=1S/C13H27N3/c1-11-5-4-6-14-13(11)10-16-8-7-15(3)9-12(16)2/h11-14H,4-10H2,1-3H3. The van der Waals surface area contributed by atoms with Gasteiger partial charge < -0.3 is 10.2 Å². The van der Waals surface area contributed by atoms with Crippen molar-refractivity contribution in [3.8, 4) is 0 Å². The second-order valence-electron chi connectivity index (χ2n) is 5.79.